The molecule has 1 aromatic heterocycles. The number of aromatic nitrogens is 2. The van der Waals surface area contributed by atoms with Gasteiger partial charge in [-0.3, -0.25) is 14.2 Å². The van der Waals surface area contributed by atoms with Crippen LogP contribution in [0, 0.1) is 13.8 Å². The predicted molar refractivity (Wildman–Crippen MR) is 132 cm³/mol. The van der Waals surface area contributed by atoms with Crippen LogP contribution in [0.15, 0.2) is 76.7 Å². The van der Waals surface area contributed by atoms with Gasteiger partial charge in [0.2, 0.25) is 5.91 Å². The van der Waals surface area contributed by atoms with E-state index in [4.69, 9.17) is 11.6 Å². The zero-order chi connectivity index (χ0) is 22.7. The number of benzene rings is 3. The fourth-order valence-electron chi connectivity index (χ4n) is 3.37. The van der Waals surface area contributed by atoms with E-state index in [0.717, 1.165) is 22.4 Å². The number of carbonyl (C=O) groups is 1. The number of anilines is 1. The maximum absolute atomic E-state index is 13.2. The molecule has 4 aromatic rings. The average molecular weight is 464 g/mol. The highest BCUT2D eigenvalue weighted by Gasteiger charge is 2.14. The number of hydrogen-bond donors (Lipinski definition) is 1. The second kappa shape index (κ2) is 9.59. The third kappa shape index (κ3) is 4.87. The number of hydrogen-bond acceptors (Lipinski definition) is 4. The monoisotopic (exact) mass is 463 g/mol. The summed E-state index contributed by atoms with van der Waals surface area (Å²) in [5.41, 5.74) is 4.35. The Hall–Kier alpha value is -3.09. The van der Waals surface area contributed by atoms with Gasteiger partial charge in [-0.1, -0.05) is 59.8 Å². The van der Waals surface area contributed by atoms with Gasteiger partial charge in [-0.15, -0.1) is 0 Å². The number of para-hydroxylation sites is 1. The Labute approximate surface area is 195 Å². The molecule has 1 N–H and O–H groups in total. The van der Waals surface area contributed by atoms with Crippen LogP contribution < -0.4 is 10.9 Å². The Morgan fingerprint density at radius 1 is 1.03 bits per heavy atom. The van der Waals surface area contributed by atoms with Gasteiger partial charge in [0.15, 0.2) is 5.16 Å². The Morgan fingerprint density at radius 2 is 1.78 bits per heavy atom. The van der Waals surface area contributed by atoms with Crippen molar-refractivity contribution in [2.24, 2.45) is 0 Å². The van der Waals surface area contributed by atoms with E-state index in [1.807, 2.05) is 62.4 Å². The molecule has 0 saturated carbocycles. The number of nitrogens with zero attached hydrogens (tertiary/aromatic N) is 2. The molecule has 0 saturated heterocycles. The summed E-state index contributed by atoms with van der Waals surface area (Å²) in [7, 11) is 0. The van der Waals surface area contributed by atoms with Crippen LogP contribution in [0.25, 0.3) is 10.9 Å². The molecule has 0 atom stereocenters. The predicted octanol–water partition coefficient (Wildman–Crippen LogP) is 5.45. The Bertz CT molecular complexity index is 1350. The summed E-state index contributed by atoms with van der Waals surface area (Å²) in [6.45, 7) is 4.33. The summed E-state index contributed by atoms with van der Waals surface area (Å²) in [5, 5.41) is 4.64. The maximum atomic E-state index is 13.2. The molecule has 1 heterocycles. The molecule has 0 spiro atoms. The van der Waals surface area contributed by atoms with Gasteiger partial charge in [-0.25, -0.2) is 4.98 Å². The van der Waals surface area contributed by atoms with E-state index in [-0.39, 0.29) is 17.2 Å². The van der Waals surface area contributed by atoms with Crippen LogP contribution >= 0.6 is 23.4 Å². The number of fused-ring (bicyclic) bond motifs is 1. The minimum Gasteiger partial charge on any atom is -0.325 e. The summed E-state index contributed by atoms with van der Waals surface area (Å²) < 4.78 is 1.61. The van der Waals surface area contributed by atoms with E-state index < -0.39 is 0 Å². The molecule has 0 bridgehead atoms. The first-order chi connectivity index (χ1) is 15.4. The van der Waals surface area contributed by atoms with Crippen molar-refractivity contribution in [3.05, 3.63) is 98.8 Å². The van der Waals surface area contributed by atoms with E-state index in [1.54, 1.807) is 22.8 Å². The maximum Gasteiger partial charge on any atom is 0.262 e. The number of aryl methyl sites for hydroxylation is 1. The highest BCUT2D eigenvalue weighted by atomic mass is 35.5. The standard InChI is InChI=1S/C25H22ClN3O2S/c1-16-6-5-9-21(17(16)2)27-23(30)15-32-25-28-22-8-4-3-7-20(22)24(31)29(25)14-18-10-12-19(26)13-11-18/h3-13H,14-15H2,1-2H3,(H,27,30). The summed E-state index contributed by atoms with van der Waals surface area (Å²) >= 11 is 7.25. The highest BCUT2D eigenvalue weighted by Crippen LogP contribution is 2.22. The van der Waals surface area contributed by atoms with Gasteiger partial charge in [0, 0.05) is 10.7 Å². The van der Waals surface area contributed by atoms with Gasteiger partial charge >= 0.3 is 0 Å². The third-order valence-electron chi connectivity index (χ3n) is 5.29. The normalized spacial score (nSPS) is 11.0. The van der Waals surface area contributed by atoms with E-state index in [1.165, 1.54) is 11.8 Å². The van der Waals surface area contributed by atoms with Crippen molar-refractivity contribution in [2.45, 2.75) is 25.5 Å². The van der Waals surface area contributed by atoms with Crippen molar-refractivity contribution in [3.8, 4) is 0 Å². The van der Waals surface area contributed by atoms with Crippen molar-refractivity contribution in [1.82, 2.24) is 9.55 Å². The smallest absolute Gasteiger partial charge is 0.262 e. The first kappa shape index (κ1) is 22.1. The van der Waals surface area contributed by atoms with Gasteiger partial charge in [-0.2, -0.15) is 0 Å². The van der Waals surface area contributed by atoms with Crippen LogP contribution in [0.2, 0.25) is 5.02 Å². The fourth-order valence-corrected chi connectivity index (χ4v) is 4.30. The van der Waals surface area contributed by atoms with Crippen molar-refractivity contribution in [3.63, 3.8) is 0 Å². The molecule has 0 aliphatic carbocycles. The van der Waals surface area contributed by atoms with Crippen LogP contribution in [0.4, 0.5) is 5.69 Å². The molecule has 0 radical (unpaired) electrons. The lowest BCUT2D eigenvalue weighted by Gasteiger charge is -2.14. The van der Waals surface area contributed by atoms with Gasteiger partial charge in [0.1, 0.15) is 0 Å². The summed E-state index contributed by atoms with van der Waals surface area (Å²) in [6.07, 6.45) is 0. The number of halogens is 1. The summed E-state index contributed by atoms with van der Waals surface area (Å²) in [6, 6.07) is 20.4. The molecular formula is C25H22ClN3O2S. The Morgan fingerprint density at radius 3 is 2.56 bits per heavy atom. The molecule has 32 heavy (non-hydrogen) atoms. The number of nitrogens with one attached hydrogen (secondary N) is 1. The van der Waals surface area contributed by atoms with E-state index in [0.29, 0.717) is 27.6 Å². The molecule has 0 unspecified atom stereocenters. The summed E-state index contributed by atoms with van der Waals surface area (Å²) in [5.74, 6) is -0.0113. The van der Waals surface area contributed by atoms with Gasteiger partial charge in [-0.05, 0) is 60.9 Å². The Kier molecular flexibility index (Phi) is 6.63. The average Bonchev–Trinajstić information content (AvgIpc) is 2.79. The lowest BCUT2D eigenvalue weighted by atomic mass is 10.1. The quantitative estimate of drug-likeness (QED) is 0.305. The lowest BCUT2D eigenvalue weighted by molar-refractivity contribution is -0.113. The first-order valence-corrected chi connectivity index (χ1v) is 11.5. The zero-order valence-corrected chi connectivity index (χ0v) is 19.3. The third-order valence-corrected chi connectivity index (χ3v) is 6.52. The van der Waals surface area contributed by atoms with Gasteiger partial charge < -0.3 is 5.32 Å². The SMILES string of the molecule is Cc1cccc(NC(=O)CSc2nc3ccccc3c(=O)n2Cc2ccc(Cl)cc2)c1C. The number of thioether (sulfide) groups is 1. The largest absolute Gasteiger partial charge is 0.325 e. The number of carbonyl (C=O) groups excluding carboxylic acids is 1. The van der Waals surface area contributed by atoms with Crippen molar-refractivity contribution >= 4 is 45.9 Å². The molecule has 0 aliphatic heterocycles. The molecule has 0 aliphatic rings. The van der Waals surface area contributed by atoms with Crippen molar-refractivity contribution < 1.29 is 4.79 Å². The van der Waals surface area contributed by atoms with Crippen molar-refractivity contribution in [2.75, 3.05) is 11.1 Å². The molecule has 1 amide bonds. The fraction of sp³-hybridized carbons (Fsp3) is 0.160. The second-order valence-corrected chi connectivity index (χ2v) is 8.89. The topological polar surface area (TPSA) is 64.0 Å². The van der Waals surface area contributed by atoms with Gasteiger partial charge in [0.05, 0.1) is 23.2 Å². The van der Waals surface area contributed by atoms with Gasteiger partial charge in [0.25, 0.3) is 5.56 Å². The number of amides is 1. The van der Waals surface area contributed by atoms with Crippen molar-refractivity contribution in [1.29, 1.82) is 0 Å². The number of rotatable bonds is 6. The highest BCUT2D eigenvalue weighted by molar-refractivity contribution is 7.99. The molecule has 4 rings (SSSR count). The molecule has 162 valence electrons. The molecule has 5 nitrogen and oxygen atoms in total. The van der Waals surface area contributed by atoms with Crippen LogP contribution in [0.1, 0.15) is 16.7 Å². The Balaban J connectivity index is 1.61. The van der Waals surface area contributed by atoms with E-state index in [2.05, 4.69) is 10.3 Å². The van der Waals surface area contributed by atoms with E-state index >= 15 is 0 Å². The molecule has 7 heteroatoms. The minimum atomic E-state index is -0.149. The van der Waals surface area contributed by atoms with Crippen LogP contribution in [0.5, 0.6) is 0 Å². The van der Waals surface area contributed by atoms with E-state index in [9.17, 15) is 9.59 Å². The van der Waals surface area contributed by atoms with Crippen LogP contribution in [0.3, 0.4) is 0 Å². The molecule has 0 fully saturated rings. The lowest BCUT2D eigenvalue weighted by Crippen LogP contribution is -2.25. The minimum absolute atomic E-state index is 0.136. The zero-order valence-electron chi connectivity index (χ0n) is 17.8. The summed E-state index contributed by atoms with van der Waals surface area (Å²) in [4.78, 5) is 30.5. The molecular weight excluding hydrogens is 442 g/mol. The molecule has 3 aromatic carbocycles. The van der Waals surface area contributed by atoms with Crippen LogP contribution in [-0.2, 0) is 11.3 Å². The van der Waals surface area contributed by atoms with Crippen LogP contribution in [-0.4, -0.2) is 21.2 Å². The first-order valence-electron chi connectivity index (χ1n) is 10.2. The second-order valence-electron chi connectivity index (χ2n) is 7.51.